The molecule has 0 atom stereocenters. The van der Waals surface area contributed by atoms with Gasteiger partial charge in [-0.3, -0.25) is 0 Å². The van der Waals surface area contributed by atoms with Gasteiger partial charge in [-0.05, 0) is 32.1 Å². The Morgan fingerprint density at radius 2 is 2.14 bits per heavy atom. The zero-order chi connectivity index (χ0) is 9.60. The quantitative estimate of drug-likeness (QED) is 0.811. The van der Waals surface area contributed by atoms with Crippen LogP contribution >= 0.6 is 11.3 Å². The molecule has 0 aromatic carbocycles. The van der Waals surface area contributed by atoms with Crippen LogP contribution in [0.2, 0.25) is 0 Å². The molecule has 2 nitrogen and oxygen atoms in total. The molecule has 3 heteroatoms. The molecule has 3 rings (SSSR count). The zero-order valence-corrected chi connectivity index (χ0v) is 9.15. The van der Waals surface area contributed by atoms with Crippen molar-refractivity contribution in [2.75, 3.05) is 0 Å². The number of rotatable bonds is 2. The predicted molar refractivity (Wildman–Crippen MR) is 58.4 cm³/mol. The number of nitrogens with two attached hydrogens (primary N) is 1. The molecule has 0 spiro atoms. The van der Waals surface area contributed by atoms with E-state index < -0.39 is 0 Å². The number of thiazole rings is 1. The number of hydrogen-bond acceptors (Lipinski definition) is 3. The van der Waals surface area contributed by atoms with Crippen LogP contribution in [0.3, 0.4) is 0 Å². The van der Waals surface area contributed by atoms with Crippen LogP contribution < -0.4 is 5.73 Å². The fourth-order valence-corrected chi connectivity index (χ4v) is 3.25. The Labute approximate surface area is 88.5 Å². The van der Waals surface area contributed by atoms with E-state index in [1.165, 1.54) is 36.4 Å². The maximum atomic E-state index is 6.24. The van der Waals surface area contributed by atoms with E-state index in [4.69, 9.17) is 10.7 Å². The lowest BCUT2D eigenvalue weighted by atomic mass is 9.78. The highest BCUT2D eigenvalue weighted by atomic mass is 32.1. The molecule has 0 radical (unpaired) electrons. The van der Waals surface area contributed by atoms with E-state index in [2.05, 4.69) is 5.38 Å². The van der Waals surface area contributed by atoms with Gasteiger partial charge in [0.1, 0.15) is 5.01 Å². The largest absolute Gasteiger partial charge is 0.319 e. The molecule has 2 saturated carbocycles. The molecular weight excluding hydrogens is 192 g/mol. The first kappa shape index (κ1) is 8.86. The Morgan fingerprint density at radius 1 is 1.36 bits per heavy atom. The summed E-state index contributed by atoms with van der Waals surface area (Å²) in [7, 11) is 0. The van der Waals surface area contributed by atoms with Gasteiger partial charge in [0, 0.05) is 11.3 Å². The molecule has 0 saturated heterocycles. The number of nitrogens with zero attached hydrogens (tertiary/aromatic N) is 1. The average molecular weight is 208 g/mol. The minimum atomic E-state index is -0.0489. The SMILES string of the molecule is NC1(c2nc(C3CCC3)cs2)CCC1. The third-order valence-corrected chi connectivity index (χ3v) is 4.80. The molecule has 1 heterocycles. The minimum Gasteiger partial charge on any atom is -0.319 e. The molecule has 76 valence electrons. The summed E-state index contributed by atoms with van der Waals surface area (Å²) < 4.78 is 0. The maximum Gasteiger partial charge on any atom is 0.113 e. The topological polar surface area (TPSA) is 38.9 Å². The first-order valence-electron chi connectivity index (χ1n) is 5.53. The van der Waals surface area contributed by atoms with E-state index in [0.717, 1.165) is 18.8 Å². The summed E-state index contributed by atoms with van der Waals surface area (Å²) in [6.45, 7) is 0. The number of aromatic nitrogens is 1. The minimum absolute atomic E-state index is 0.0489. The van der Waals surface area contributed by atoms with E-state index in [0.29, 0.717) is 0 Å². The molecule has 0 unspecified atom stereocenters. The van der Waals surface area contributed by atoms with Crippen LogP contribution in [0.5, 0.6) is 0 Å². The Bertz CT molecular complexity index is 337. The van der Waals surface area contributed by atoms with Gasteiger partial charge in [-0.25, -0.2) is 4.98 Å². The van der Waals surface area contributed by atoms with Crippen molar-refractivity contribution >= 4 is 11.3 Å². The van der Waals surface area contributed by atoms with Crippen molar-refractivity contribution in [1.29, 1.82) is 0 Å². The van der Waals surface area contributed by atoms with E-state index in [1.807, 2.05) is 0 Å². The summed E-state index contributed by atoms with van der Waals surface area (Å²) in [5.74, 6) is 0.753. The molecule has 1 aromatic heterocycles. The van der Waals surface area contributed by atoms with Crippen LogP contribution in [0.25, 0.3) is 0 Å². The summed E-state index contributed by atoms with van der Waals surface area (Å²) in [5.41, 5.74) is 7.51. The summed E-state index contributed by atoms with van der Waals surface area (Å²) >= 11 is 1.77. The van der Waals surface area contributed by atoms with E-state index in [9.17, 15) is 0 Å². The highest BCUT2D eigenvalue weighted by Gasteiger charge is 2.37. The second-order valence-electron chi connectivity index (χ2n) is 4.72. The van der Waals surface area contributed by atoms with Crippen molar-refractivity contribution in [3.63, 3.8) is 0 Å². The van der Waals surface area contributed by atoms with Crippen LogP contribution in [0.15, 0.2) is 5.38 Å². The van der Waals surface area contributed by atoms with Crippen LogP contribution in [-0.4, -0.2) is 4.98 Å². The first-order chi connectivity index (χ1) is 6.78. The van der Waals surface area contributed by atoms with Gasteiger partial charge in [0.2, 0.25) is 0 Å². The molecular formula is C11H16N2S. The second-order valence-corrected chi connectivity index (χ2v) is 5.57. The molecule has 1 aromatic rings. The first-order valence-corrected chi connectivity index (χ1v) is 6.41. The fourth-order valence-electron chi connectivity index (χ4n) is 2.18. The Kier molecular flexibility index (Phi) is 1.92. The van der Waals surface area contributed by atoms with E-state index in [-0.39, 0.29) is 5.54 Å². The van der Waals surface area contributed by atoms with Gasteiger partial charge in [-0.2, -0.15) is 0 Å². The van der Waals surface area contributed by atoms with E-state index >= 15 is 0 Å². The second kappa shape index (κ2) is 3.04. The van der Waals surface area contributed by atoms with Gasteiger partial charge in [0.25, 0.3) is 0 Å². The van der Waals surface area contributed by atoms with Gasteiger partial charge >= 0.3 is 0 Å². The summed E-state index contributed by atoms with van der Waals surface area (Å²) in [6.07, 6.45) is 7.58. The monoisotopic (exact) mass is 208 g/mol. The molecule has 2 N–H and O–H groups in total. The van der Waals surface area contributed by atoms with Crippen molar-refractivity contribution in [2.24, 2.45) is 5.73 Å². The van der Waals surface area contributed by atoms with Crippen molar-refractivity contribution in [1.82, 2.24) is 4.98 Å². The molecule has 0 amide bonds. The average Bonchev–Trinajstić information content (AvgIpc) is 2.46. The van der Waals surface area contributed by atoms with Gasteiger partial charge in [-0.15, -0.1) is 11.3 Å². The Hall–Kier alpha value is -0.410. The van der Waals surface area contributed by atoms with Gasteiger partial charge in [0.15, 0.2) is 0 Å². The lowest BCUT2D eigenvalue weighted by Gasteiger charge is -2.36. The molecule has 0 bridgehead atoms. The summed E-state index contributed by atoms with van der Waals surface area (Å²) in [4.78, 5) is 4.72. The van der Waals surface area contributed by atoms with E-state index in [1.54, 1.807) is 11.3 Å². The van der Waals surface area contributed by atoms with Crippen LogP contribution in [-0.2, 0) is 5.54 Å². The predicted octanol–water partition coefficient (Wildman–Crippen LogP) is 2.75. The molecule has 0 aliphatic heterocycles. The molecule has 2 fully saturated rings. The lowest BCUT2D eigenvalue weighted by molar-refractivity contribution is 0.251. The van der Waals surface area contributed by atoms with Crippen LogP contribution in [0.4, 0.5) is 0 Å². The Morgan fingerprint density at radius 3 is 2.64 bits per heavy atom. The zero-order valence-electron chi connectivity index (χ0n) is 8.33. The van der Waals surface area contributed by atoms with Crippen molar-refractivity contribution in [2.45, 2.75) is 50.0 Å². The van der Waals surface area contributed by atoms with Gasteiger partial charge in [-0.1, -0.05) is 6.42 Å². The summed E-state index contributed by atoms with van der Waals surface area (Å²) in [5, 5.41) is 3.41. The van der Waals surface area contributed by atoms with Crippen molar-refractivity contribution in [3.05, 3.63) is 16.1 Å². The molecule has 2 aliphatic rings. The van der Waals surface area contributed by atoms with Crippen molar-refractivity contribution < 1.29 is 0 Å². The molecule has 2 aliphatic carbocycles. The highest BCUT2D eigenvalue weighted by Crippen LogP contribution is 2.43. The third kappa shape index (κ3) is 1.22. The lowest BCUT2D eigenvalue weighted by Crippen LogP contribution is -2.43. The normalized spacial score (nSPS) is 25.5. The maximum absolute atomic E-state index is 6.24. The van der Waals surface area contributed by atoms with Crippen molar-refractivity contribution in [3.8, 4) is 0 Å². The smallest absolute Gasteiger partial charge is 0.113 e. The highest BCUT2D eigenvalue weighted by molar-refractivity contribution is 7.09. The van der Waals surface area contributed by atoms with Crippen LogP contribution in [0.1, 0.15) is 55.1 Å². The fraction of sp³-hybridized carbons (Fsp3) is 0.727. The standard InChI is InChI=1S/C11H16N2S/c12-11(5-2-6-11)10-13-9(7-14-10)8-3-1-4-8/h7-8H,1-6,12H2. The van der Waals surface area contributed by atoms with Gasteiger partial charge < -0.3 is 5.73 Å². The molecule has 14 heavy (non-hydrogen) atoms. The Balaban J connectivity index is 1.82. The summed E-state index contributed by atoms with van der Waals surface area (Å²) in [6, 6.07) is 0. The third-order valence-electron chi connectivity index (χ3n) is 3.72. The van der Waals surface area contributed by atoms with Crippen LogP contribution in [0, 0.1) is 0 Å². The van der Waals surface area contributed by atoms with Gasteiger partial charge in [0.05, 0.1) is 11.2 Å². The number of hydrogen-bond donors (Lipinski definition) is 1.